The average molecular weight is 834 g/mol. The Labute approximate surface area is 344 Å². The third-order valence-corrected chi connectivity index (χ3v) is 14.1. The summed E-state index contributed by atoms with van der Waals surface area (Å²) >= 11 is 0. The van der Waals surface area contributed by atoms with Gasteiger partial charge in [0.25, 0.3) is 11.8 Å². The molecule has 7 rings (SSSR count). The molecule has 17 heteroatoms. The first-order valence-corrected chi connectivity index (χ1v) is 22.1. The fourth-order valence-corrected chi connectivity index (χ4v) is 9.31. The van der Waals surface area contributed by atoms with Crippen LogP contribution >= 0.6 is 0 Å². The van der Waals surface area contributed by atoms with E-state index < -0.39 is 68.0 Å². The molecule has 2 saturated carbocycles. The van der Waals surface area contributed by atoms with Crippen molar-refractivity contribution in [2.45, 2.75) is 134 Å². The number of rotatable bonds is 11. The number of sulfonamides is 1. The third-order valence-electron chi connectivity index (χ3n) is 12.0. The molecule has 4 heterocycles. The molecule has 4 amide bonds. The van der Waals surface area contributed by atoms with Gasteiger partial charge in [-0.2, -0.15) is 5.10 Å². The molecule has 5 atom stereocenters. The van der Waals surface area contributed by atoms with Crippen molar-refractivity contribution in [2.75, 3.05) is 13.7 Å². The van der Waals surface area contributed by atoms with E-state index in [2.05, 4.69) is 20.5 Å². The first kappa shape index (κ1) is 42.0. The normalized spacial score (nSPS) is 25.6. The Morgan fingerprint density at radius 1 is 1.10 bits per heavy atom. The first-order valence-electron chi connectivity index (χ1n) is 20.6. The molecule has 2 aliphatic carbocycles. The second kappa shape index (κ2) is 16.5. The van der Waals surface area contributed by atoms with E-state index in [1.807, 2.05) is 52.0 Å². The molecule has 0 bridgehead atoms. The number of ether oxygens (including phenoxy) is 3. The van der Waals surface area contributed by atoms with Crippen LogP contribution in [0.1, 0.15) is 102 Å². The Balaban J connectivity index is 1.23. The highest BCUT2D eigenvalue weighted by Crippen LogP contribution is 2.47. The largest absolute Gasteiger partial charge is 0.496 e. The number of hydrogen-bond acceptors (Lipinski definition) is 11. The number of fused-ring (bicyclic) bond motifs is 3. The molecule has 2 aromatic heterocycles. The highest BCUT2D eigenvalue weighted by Gasteiger charge is 2.63. The van der Waals surface area contributed by atoms with Crippen LogP contribution in [-0.2, 0) is 31.0 Å². The van der Waals surface area contributed by atoms with Crippen molar-refractivity contribution in [3.05, 3.63) is 53.9 Å². The van der Waals surface area contributed by atoms with Gasteiger partial charge in [0.2, 0.25) is 27.7 Å². The standard InChI is InChI=1S/C42H55N7O9S/c1-7-48-20-17-30(46-48)37(50)43-31-14-12-10-8-9-11-13-27-23-42(27,40(53)47-59(54,55)41(5)18-19-41)45-38(51)32-21-28(24-49(32)39(31)52)58-34-22-35(57-25(2)3)44-36-26(4)33(56-6)16-15-29(34)36/h11,13,15-17,20,22,25,27-28,31-32H,7-10,12,14,18-19,21,23-24H2,1-6H3,(H,43,50)(H,45,51)(H,47,53)/t27-,28-,31+,32+,42-/m1/s1. The van der Waals surface area contributed by atoms with Gasteiger partial charge in [0, 0.05) is 42.1 Å². The second-order valence-corrected chi connectivity index (χ2v) is 18.9. The van der Waals surface area contributed by atoms with Crippen LogP contribution in [0.2, 0.25) is 0 Å². The van der Waals surface area contributed by atoms with E-state index >= 15 is 0 Å². The number of hydrogen-bond donors (Lipinski definition) is 3. The summed E-state index contributed by atoms with van der Waals surface area (Å²) in [5.41, 5.74) is 0.000693. The number of carbonyl (C=O) groups is 4. The van der Waals surface area contributed by atoms with E-state index in [0.717, 1.165) is 18.4 Å². The van der Waals surface area contributed by atoms with Crippen LogP contribution in [0.4, 0.5) is 0 Å². The van der Waals surface area contributed by atoms with Gasteiger partial charge in [-0.3, -0.25) is 28.6 Å². The molecular weight excluding hydrogens is 779 g/mol. The summed E-state index contributed by atoms with van der Waals surface area (Å²) in [5, 5.41) is 10.8. The monoisotopic (exact) mass is 833 g/mol. The van der Waals surface area contributed by atoms with E-state index in [0.29, 0.717) is 66.9 Å². The van der Waals surface area contributed by atoms with Crippen molar-refractivity contribution in [2.24, 2.45) is 5.92 Å². The number of aromatic nitrogens is 3. The van der Waals surface area contributed by atoms with Gasteiger partial charge in [0.05, 0.1) is 30.0 Å². The lowest BCUT2D eigenvalue weighted by atomic mass is 10.0. The molecular formula is C42H55N7O9S. The number of benzene rings is 1. The summed E-state index contributed by atoms with van der Waals surface area (Å²) < 4.78 is 47.6. The zero-order valence-corrected chi connectivity index (χ0v) is 35.4. The average Bonchev–Trinajstić information content (AvgIpc) is 3.97. The number of pyridine rings is 1. The van der Waals surface area contributed by atoms with Crippen molar-refractivity contribution in [1.82, 2.24) is 35.0 Å². The second-order valence-electron chi connectivity index (χ2n) is 16.7. The molecule has 59 heavy (non-hydrogen) atoms. The predicted octanol–water partition coefficient (Wildman–Crippen LogP) is 4.10. The Morgan fingerprint density at radius 2 is 1.88 bits per heavy atom. The Morgan fingerprint density at radius 3 is 2.58 bits per heavy atom. The van der Waals surface area contributed by atoms with Gasteiger partial charge in [-0.15, -0.1) is 0 Å². The number of amides is 4. The van der Waals surface area contributed by atoms with Gasteiger partial charge in [-0.05, 0) is 91.3 Å². The van der Waals surface area contributed by atoms with Gasteiger partial charge in [0.15, 0.2) is 0 Å². The summed E-state index contributed by atoms with van der Waals surface area (Å²) in [4.78, 5) is 63.1. The summed E-state index contributed by atoms with van der Waals surface area (Å²) in [7, 11) is -2.43. The smallest absolute Gasteiger partial charge is 0.272 e. The lowest BCUT2D eigenvalue weighted by molar-refractivity contribution is -0.141. The Bertz CT molecular complexity index is 2270. The number of methoxy groups -OCH3 is 1. The number of carbonyl (C=O) groups excluding carboxylic acids is 4. The maximum atomic E-state index is 14.8. The first-order chi connectivity index (χ1) is 28.1. The number of allylic oxidation sites excluding steroid dienone is 1. The molecule has 4 aliphatic rings. The lowest BCUT2D eigenvalue weighted by Crippen LogP contribution is -2.58. The minimum absolute atomic E-state index is 0.0255. The van der Waals surface area contributed by atoms with E-state index in [9.17, 15) is 27.6 Å². The minimum atomic E-state index is -4.01. The van der Waals surface area contributed by atoms with E-state index in [-0.39, 0.29) is 31.2 Å². The van der Waals surface area contributed by atoms with Gasteiger partial charge < -0.3 is 29.7 Å². The van der Waals surface area contributed by atoms with Gasteiger partial charge in [-0.25, -0.2) is 13.4 Å². The zero-order chi connectivity index (χ0) is 42.3. The number of aryl methyl sites for hydroxylation is 2. The fraction of sp³-hybridized carbons (Fsp3) is 0.571. The molecule has 1 aromatic carbocycles. The van der Waals surface area contributed by atoms with Crippen molar-refractivity contribution in [3.8, 4) is 17.4 Å². The van der Waals surface area contributed by atoms with Crippen LogP contribution in [0, 0.1) is 12.8 Å². The van der Waals surface area contributed by atoms with Crippen LogP contribution < -0.4 is 29.6 Å². The summed E-state index contributed by atoms with van der Waals surface area (Å²) in [6, 6.07) is 4.79. The van der Waals surface area contributed by atoms with Gasteiger partial charge >= 0.3 is 0 Å². The highest BCUT2D eigenvalue weighted by atomic mass is 32.2. The third kappa shape index (κ3) is 8.61. The van der Waals surface area contributed by atoms with Gasteiger partial charge in [-0.1, -0.05) is 25.0 Å². The van der Waals surface area contributed by atoms with Gasteiger partial charge in [0.1, 0.15) is 40.9 Å². The topological polar surface area (TPSA) is 200 Å². The fourth-order valence-electron chi connectivity index (χ4n) is 7.99. The number of nitrogens with one attached hydrogen (secondary N) is 3. The molecule has 2 aliphatic heterocycles. The molecule has 3 fully saturated rings. The molecule has 3 aromatic rings. The minimum Gasteiger partial charge on any atom is -0.496 e. The van der Waals surface area contributed by atoms with Crippen LogP contribution in [0.5, 0.6) is 17.4 Å². The summed E-state index contributed by atoms with van der Waals surface area (Å²) in [6.45, 7) is 9.69. The number of nitrogens with zero attached hydrogens (tertiary/aromatic N) is 4. The SMILES string of the molecule is CCn1ccc(C(=O)N[C@H]2CCCCCC=C[C@@H]3C[C@@]3(C(=O)NS(=O)(=O)C3(C)CC3)NC(=O)[C@@H]3C[C@@H](Oc4cc(OC(C)C)nc5c(C)c(OC)ccc45)CN3C2=O)n1. The molecule has 0 radical (unpaired) electrons. The quantitative estimate of drug-likeness (QED) is 0.235. The van der Waals surface area contributed by atoms with Crippen LogP contribution in [0.15, 0.2) is 42.6 Å². The van der Waals surface area contributed by atoms with Crippen LogP contribution in [0.3, 0.4) is 0 Å². The van der Waals surface area contributed by atoms with Crippen molar-refractivity contribution >= 4 is 44.6 Å². The summed E-state index contributed by atoms with van der Waals surface area (Å²) in [6.07, 6.45) is 8.86. The molecule has 3 N–H and O–H groups in total. The van der Waals surface area contributed by atoms with Crippen LogP contribution in [-0.4, -0.2) is 99.9 Å². The Hall–Kier alpha value is -5.19. The van der Waals surface area contributed by atoms with E-state index in [1.54, 1.807) is 37.0 Å². The highest BCUT2D eigenvalue weighted by molar-refractivity contribution is 7.91. The van der Waals surface area contributed by atoms with Crippen LogP contribution in [0.25, 0.3) is 10.9 Å². The molecule has 0 spiro atoms. The zero-order valence-electron chi connectivity index (χ0n) is 34.6. The lowest BCUT2D eigenvalue weighted by Gasteiger charge is -2.30. The van der Waals surface area contributed by atoms with E-state index in [1.165, 1.54) is 4.90 Å². The molecule has 1 saturated heterocycles. The maximum absolute atomic E-state index is 14.8. The van der Waals surface area contributed by atoms with Crippen molar-refractivity contribution in [1.29, 1.82) is 0 Å². The Kier molecular flexibility index (Phi) is 11.7. The molecule has 318 valence electrons. The van der Waals surface area contributed by atoms with Crippen molar-refractivity contribution < 1.29 is 41.8 Å². The van der Waals surface area contributed by atoms with E-state index in [4.69, 9.17) is 19.2 Å². The van der Waals surface area contributed by atoms with Crippen molar-refractivity contribution in [3.63, 3.8) is 0 Å². The summed E-state index contributed by atoms with van der Waals surface area (Å²) in [5.74, 6) is -1.49. The molecule has 0 unspecified atom stereocenters. The molecule has 16 nitrogen and oxygen atoms in total. The maximum Gasteiger partial charge on any atom is 0.272 e. The predicted molar refractivity (Wildman–Crippen MR) is 218 cm³/mol.